The van der Waals surface area contributed by atoms with E-state index in [2.05, 4.69) is 35.9 Å². The zero-order valence-electron chi connectivity index (χ0n) is 20.3. The number of anilines is 1. The number of fused-ring (bicyclic) bond motifs is 1. The Hall–Kier alpha value is -3.01. The van der Waals surface area contributed by atoms with Crippen LogP contribution in [0.2, 0.25) is 0 Å². The first-order valence-corrected chi connectivity index (χ1v) is 13.2. The number of benzene rings is 1. The third-order valence-electron chi connectivity index (χ3n) is 5.89. The lowest BCUT2D eigenvalue weighted by molar-refractivity contribution is -0.140. The molecule has 0 saturated heterocycles. The Morgan fingerprint density at radius 3 is 2.54 bits per heavy atom. The van der Waals surface area contributed by atoms with Crippen LogP contribution in [-0.2, 0) is 14.3 Å². The molecule has 9 heteroatoms. The average molecular weight is 512 g/mol. The van der Waals surface area contributed by atoms with E-state index in [4.69, 9.17) is 9.47 Å². The number of ether oxygens (including phenoxy) is 2. The van der Waals surface area contributed by atoms with Gasteiger partial charge in [0.05, 0.1) is 22.4 Å². The summed E-state index contributed by atoms with van der Waals surface area (Å²) in [4.78, 5) is 35.0. The van der Waals surface area contributed by atoms with Crippen LogP contribution in [0.25, 0.3) is 6.08 Å². The second-order valence-corrected chi connectivity index (χ2v) is 9.98. The zero-order valence-corrected chi connectivity index (χ0v) is 21.9. The summed E-state index contributed by atoms with van der Waals surface area (Å²) >= 11 is 2.83. The lowest BCUT2D eigenvalue weighted by Crippen LogP contribution is -2.39. The fraction of sp³-hybridized carbons (Fsp3) is 0.346. The number of nitrogens with zero attached hydrogens (tertiary/aromatic N) is 3. The molecule has 0 saturated carbocycles. The molecule has 3 heterocycles. The van der Waals surface area contributed by atoms with E-state index in [0.717, 1.165) is 29.2 Å². The molecule has 0 N–H and O–H groups in total. The monoisotopic (exact) mass is 511 g/mol. The highest BCUT2D eigenvalue weighted by Crippen LogP contribution is 2.33. The molecule has 3 aromatic rings. The maximum Gasteiger partial charge on any atom is 0.338 e. The highest BCUT2D eigenvalue weighted by Gasteiger charge is 2.34. The number of rotatable bonds is 9. The Labute approximate surface area is 212 Å². The van der Waals surface area contributed by atoms with Gasteiger partial charge in [-0.25, -0.2) is 9.79 Å². The van der Waals surface area contributed by atoms with Gasteiger partial charge in [0, 0.05) is 30.8 Å². The number of aromatic nitrogens is 1. The van der Waals surface area contributed by atoms with Crippen LogP contribution >= 0.6 is 22.7 Å². The molecule has 4 rings (SSSR count). The summed E-state index contributed by atoms with van der Waals surface area (Å²) in [7, 11) is 1.55. The van der Waals surface area contributed by atoms with Gasteiger partial charge in [-0.15, -0.1) is 11.3 Å². The topological polar surface area (TPSA) is 73.1 Å². The zero-order chi connectivity index (χ0) is 24.9. The van der Waals surface area contributed by atoms with Crippen molar-refractivity contribution < 1.29 is 14.3 Å². The molecule has 7 nitrogen and oxygen atoms in total. The molecule has 1 aliphatic heterocycles. The van der Waals surface area contributed by atoms with Crippen LogP contribution < -0.4 is 19.8 Å². The molecule has 1 unspecified atom stereocenters. The van der Waals surface area contributed by atoms with E-state index in [-0.39, 0.29) is 12.2 Å². The third kappa shape index (κ3) is 5.17. The normalized spacial score (nSPS) is 15.7. The summed E-state index contributed by atoms with van der Waals surface area (Å²) in [5.74, 6) is -0.483. The first kappa shape index (κ1) is 25.1. The fourth-order valence-electron chi connectivity index (χ4n) is 4.12. The highest BCUT2D eigenvalue weighted by atomic mass is 32.1. The van der Waals surface area contributed by atoms with Crippen LogP contribution in [0.4, 0.5) is 5.69 Å². The number of carbonyl (C=O) groups excluding carboxylic acids is 1. The summed E-state index contributed by atoms with van der Waals surface area (Å²) in [6.07, 6.45) is 1.89. The molecule has 0 fully saturated rings. The first-order valence-electron chi connectivity index (χ1n) is 11.6. The molecular formula is C26H29N3O4S2. The molecular weight excluding hydrogens is 482 g/mol. The molecule has 0 radical (unpaired) electrons. The van der Waals surface area contributed by atoms with Crippen molar-refractivity contribution >= 4 is 40.4 Å². The van der Waals surface area contributed by atoms with E-state index >= 15 is 0 Å². The maximum atomic E-state index is 13.6. The van der Waals surface area contributed by atoms with Crippen LogP contribution in [-0.4, -0.2) is 43.9 Å². The lowest BCUT2D eigenvalue weighted by Gasteiger charge is -2.23. The minimum Gasteiger partial charge on any atom is -0.460 e. The summed E-state index contributed by atoms with van der Waals surface area (Å²) in [6, 6.07) is 11.5. The SMILES string of the molecule is CCN(CC)c1ccc(/C=c2\sc3n(c2=O)C(c2cccs2)C(C(=O)OCCOC)=C(C)N=3)cc1. The van der Waals surface area contributed by atoms with Gasteiger partial charge in [0.15, 0.2) is 4.80 Å². The summed E-state index contributed by atoms with van der Waals surface area (Å²) < 4.78 is 12.6. The molecule has 0 aliphatic carbocycles. The largest absolute Gasteiger partial charge is 0.460 e. The Morgan fingerprint density at radius 2 is 1.91 bits per heavy atom. The third-order valence-corrected chi connectivity index (χ3v) is 7.80. The van der Waals surface area contributed by atoms with Crippen molar-refractivity contribution in [3.8, 4) is 0 Å². The van der Waals surface area contributed by atoms with Crippen molar-refractivity contribution in [2.24, 2.45) is 4.99 Å². The first-order chi connectivity index (χ1) is 17.0. The van der Waals surface area contributed by atoms with Crippen LogP contribution in [0, 0.1) is 0 Å². The molecule has 184 valence electrons. The quantitative estimate of drug-likeness (QED) is 0.326. The van der Waals surface area contributed by atoms with Crippen molar-refractivity contribution in [3.05, 3.63) is 83.2 Å². The molecule has 35 heavy (non-hydrogen) atoms. The van der Waals surface area contributed by atoms with Gasteiger partial charge in [0.25, 0.3) is 5.56 Å². The number of thiazole rings is 1. The van der Waals surface area contributed by atoms with Crippen LogP contribution in [0.1, 0.15) is 37.3 Å². The Bertz CT molecular complexity index is 1380. The van der Waals surface area contributed by atoms with Crippen molar-refractivity contribution in [1.29, 1.82) is 0 Å². The number of carbonyl (C=O) groups is 1. The standard InChI is InChI=1S/C26H29N3O4S2/c1-5-28(6-2)19-11-9-18(10-12-19)16-21-24(30)29-23(20-8-7-15-34-20)22(17(3)27-26(29)35-21)25(31)33-14-13-32-4/h7-12,15-16,23H,5-6,13-14H2,1-4H3/b21-16-. The summed E-state index contributed by atoms with van der Waals surface area (Å²) in [5, 5.41) is 1.94. The van der Waals surface area contributed by atoms with Gasteiger partial charge in [-0.2, -0.15) is 0 Å². The van der Waals surface area contributed by atoms with Gasteiger partial charge in [-0.3, -0.25) is 9.36 Å². The molecule has 2 aromatic heterocycles. The second kappa shape index (κ2) is 11.2. The van der Waals surface area contributed by atoms with E-state index in [1.165, 1.54) is 22.7 Å². The van der Waals surface area contributed by atoms with Crippen LogP contribution in [0.5, 0.6) is 0 Å². The van der Waals surface area contributed by atoms with Gasteiger partial charge in [-0.05, 0) is 56.0 Å². The number of hydrogen-bond donors (Lipinski definition) is 0. The summed E-state index contributed by atoms with van der Waals surface area (Å²) in [5.41, 5.74) is 2.86. The minimum absolute atomic E-state index is 0.136. The molecule has 1 aliphatic rings. The molecule has 0 bridgehead atoms. The van der Waals surface area contributed by atoms with Crippen LogP contribution in [0.15, 0.2) is 62.8 Å². The Balaban J connectivity index is 1.77. The highest BCUT2D eigenvalue weighted by molar-refractivity contribution is 7.10. The van der Waals surface area contributed by atoms with E-state index in [0.29, 0.717) is 27.2 Å². The maximum absolute atomic E-state index is 13.6. The van der Waals surface area contributed by atoms with Crippen molar-refractivity contribution in [2.75, 3.05) is 38.3 Å². The van der Waals surface area contributed by atoms with E-state index in [1.54, 1.807) is 18.6 Å². The van der Waals surface area contributed by atoms with Crippen LogP contribution in [0.3, 0.4) is 0 Å². The number of esters is 1. The minimum atomic E-state index is -0.575. The number of methoxy groups -OCH3 is 1. The predicted molar refractivity (Wildman–Crippen MR) is 141 cm³/mol. The lowest BCUT2D eigenvalue weighted by atomic mass is 10.0. The van der Waals surface area contributed by atoms with Gasteiger partial charge in [-0.1, -0.05) is 29.5 Å². The van der Waals surface area contributed by atoms with Crippen molar-refractivity contribution in [2.45, 2.75) is 26.8 Å². The number of thiophene rings is 1. The molecule has 0 spiro atoms. The number of hydrogen-bond acceptors (Lipinski definition) is 8. The predicted octanol–water partition coefficient (Wildman–Crippen LogP) is 3.33. The van der Waals surface area contributed by atoms with E-state index < -0.39 is 12.0 Å². The number of allylic oxidation sites excluding steroid dienone is 1. The van der Waals surface area contributed by atoms with Gasteiger partial charge in [0.1, 0.15) is 12.6 Å². The summed E-state index contributed by atoms with van der Waals surface area (Å²) in [6.45, 7) is 8.36. The Kier molecular flexibility index (Phi) is 8.00. The smallest absolute Gasteiger partial charge is 0.338 e. The van der Waals surface area contributed by atoms with Gasteiger partial charge in [0.2, 0.25) is 0 Å². The second-order valence-electron chi connectivity index (χ2n) is 7.99. The Morgan fingerprint density at radius 1 is 1.17 bits per heavy atom. The van der Waals surface area contributed by atoms with Crippen molar-refractivity contribution in [3.63, 3.8) is 0 Å². The molecule has 1 aromatic carbocycles. The fourth-order valence-corrected chi connectivity index (χ4v) is 5.99. The molecule has 1 atom stereocenters. The average Bonchev–Trinajstić information content (AvgIpc) is 3.49. The van der Waals surface area contributed by atoms with E-state index in [1.807, 2.05) is 35.7 Å². The molecule has 0 amide bonds. The van der Waals surface area contributed by atoms with Gasteiger partial charge >= 0.3 is 5.97 Å². The van der Waals surface area contributed by atoms with Crippen molar-refractivity contribution in [1.82, 2.24) is 4.57 Å². The van der Waals surface area contributed by atoms with Gasteiger partial charge < -0.3 is 14.4 Å². The van der Waals surface area contributed by atoms with E-state index in [9.17, 15) is 9.59 Å².